The fourth-order valence-electron chi connectivity index (χ4n) is 12.3. The van der Waals surface area contributed by atoms with Gasteiger partial charge in [-0.05, 0) is 142 Å². The van der Waals surface area contributed by atoms with Gasteiger partial charge in [-0.3, -0.25) is 0 Å². The summed E-state index contributed by atoms with van der Waals surface area (Å²) < 4.78 is 30.4. The van der Waals surface area contributed by atoms with Crippen molar-refractivity contribution in [2.75, 3.05) is 0 Å². The molecule has 2 heteroatoms. The van der Waals surface area contributed by atoms with Crippen molar-refractivity contribution in [1.82, 2.24) is 0 Å². The lowest BCUT2D eigenvalue weighted by molar-refractivity contribution is -0.0807. The predicted octanol–water partition coefficient (Wildman–Crippen LogP) is 8.54. The fraction of sp³-hybridized carbons (Fsp3) is 1.00. The molecule has 0 bridgehead atoms. The zero-order valence-electron chi connectivity index (χ0n) is 20.2. The molecule has 7 fully saturated rings. The van der Waals surface area contributed by atoms with Gasteiger partial charge in [-0.15, -0.1) is 0 Å². The van der Waals surface area contributed by atoms with Gasteiger partial charge in [0.1, 0.15) is 12.3 Å². The van der Waals surface area contributed by atoms with Crippen molar-refractivity contribution in [3.63, 3.8) is 0 Å². The third-order valence-corrected chi connectivity index (χ3v) is 13.2. The first-order valence-electron chi connectivity index (χ1n) is 15.0. The van der Waals surface area contributed by atoms with Gasteiger partial charge in [-0.1, -0.05) is 32.1 Å². The van der Waals surface area contributed by atoms with E-state index in [9.17, 15) is 0 Å². The third kappa shape index (κ3) is 2.88. The molecule has 0 aromatic carbocycles. The van der Waals surface area contributed by atoms with Gasteiger partial charge in [0.2, 0.25) is 0 Å². The summed E-state index contributed by atoms with van der Waals surface area (Å²) in [6.07, 6.45) is 20.7. The summed E-state index contributed by atoms with van der Waals surface area (Å²) >= 11 is 0. The normalized spacial score (nSPS) is 54.8. The average Bonchev–Trinajstić information content (AvgIpc) is 3.41. The van der Waals surface area contributed by atoms with Crippen LogP contribution in [-0.2, 0) is 0 Å². The van der Waals surface area contributed by atoms with E-state index in [0.29, 0.717) is 29.1 Å². The Hall–Kier alpha value is -0.140. The van der Waals surface area contributed by atoms with E-state index in [-0.39, 0.29) is 0 Å². The van der Waals surface area contributed by atoms with Crippen molar-refractivity contribution >= 4 is 0 Å². The number of rotatable bonds is 2. The van der Waals surface area contributed by atoms with E-state index < -0.39 is 12.3 Å². The highest BCUT2D eigenvalue weighted by Gasteiger charge is 2.67. The Labute approximate surface area is 195 Å². The molecule has 0 spiro atoms. The number of hydrogen-bond acceptors (Lipinski definition) is 0. The highest BCUT2D eigenvalue weighted by molar-refractivity contribution is 5.15. The highest BCUT2D eigenvalue weighted by Crippen LogP contribution is 2.73. The molecule has 0 aromatic heterocycles. The third-order valence-electron chi connectivity index (χ3n) is 13.2. The molecule has 0 aromatic rings. The number of hydrogen-bond donors (Lipinski definition) is 0. The monoisotopic (exact) mass is 444 g/mol. The molecule has 32 heavy (non-hydrogen) atoms. The molecule has 0 heterocycles. The highest BCUT2D eigenvalue weighted by atomic mass is 19.1. The van der Waals surface area contributed by atoms with Crippen LogP contribution in [0.3, 0.4) is 0 Å². The van der Waals surface area contributed by atoms with Crippen molar-refractivity contribution in [1.29, 1.82) is 0 Å². The van der Waals surface area contributed by atoms with Crippen LogP contribution in [0.1, 0.15) is 109 Å². The van der Waals surface area contributed by atoms with E-state index in [0.717, 1.165) is 61.2 Å². The van der Waals surface area contributed by atoms with E-state index in [2.05, 4.69) is 0 Å². The molecule has 180 valence electrons. The van der Waals surface area contributed by atoms with E-state index in [1.807, 2.05) is 0 Å². The quantitative estimate of drug-likeness (QED) is 0.400. The lowest BCUT2D eigenvalue weighted by Gasteiger charge is -2.57. The van der Waals surface area contributed by atoms with E-state index in [1.54, 1.807) is 0 Å². The van der Waals surface area contributed by atoms with Gasteiger partial charge >= 0.3 is 0 Å². The SMILES string of the molecule is FC1CCCC2C1CCC1C2C2C3CCCC(F)C3CCC2C1C1(C2CCCC2)CCC1. The molecule has 0 amide bonds. The van der Waals surface area contributed by atoms with Crippen LogP contribution in [0.2, 0.25) is 0 Å². The van der Waals surface area contributed by atoms with Gasteiger partial charge in [-0.25, -0.2) is 8.78 Å². The number of fused-ring (bicyclic) bond motifs is 7. The Morgan fingerprint density at radius 3 is 1.41 bits per heavy atom. The summed E-state index contributed by atoms with van der Waals surface area (Å²) in [5, 5.41) is 0. The second kappa shape index (κ2) is 7.94. The van der Waals surface area contributed by atoms with E-state index in [4.69, 9.17) is 0 Å². The van der Waals surface area contributed by atoms with Crippen molar-refractivity contribution in [2.24, 2.45) is 64.6 Å². The first-order valence-corrected chi connectivity index (χ1v) is 15.0. The lowest BCUT2D eigenvalue weighted by Crippen LogP contribution is -2.49. The van der Waals surface area contributed by atoms with Crippen LogP contribution >= 0.6 is 0 Å². The Kier molecular flexibility index (Phi) is 5.25. The molecule has 0 nitrogen and oxygen atoms in total. The molecule has 7 aliphatic carbocycles. The molecule has 0 aliphatic heterocycles. The maximum Gasteiger partial charge on any atom is 0.103 e. The summed E-state index contributed by atoms with van der Waals surface area (Å²) in [6, 6.07) is 0. The van der Waals surface area contributed by atoms with Gasteiger partial charge in [0.25, 0.3) is 0 Å². The van der Waals surface area contributed by atoms with Crippen LogP contribution in [-0.4, -0.2) is 12.3 Å². The molecule has 7 saturated carbocycles. The fourth-order valence-corrected chi connectivity index (χ4v) is 12.3. The van der Waals surface area contributed by atoms with Crippen molar-refractivity contribution in [3.05, 3.63) is 0 Å². The average molecular weight is 445 g/mol. The molecule has 7 aliphatic rings. The van der Waals surface area contributed by atoms with Crippen molar-refractivity contribution in [2.45, 2.75) is 121 Å². The summed E-state index contributed by atoms with van der Waals surface area (Å²) in [5.74, 6) is 7.07. The van der Waals surface area contributed by atoms with Crippen LogP contribution in [0.4, 0.5) is 8.78 Å². The molecule has 0 saturated heterocycles. The van der Waals surface area contributed by atoms with Gasteiger partial charge in [-0.2, -0.15) is 0 Å². The Bertz CT molecular complexity index is 651. The van der Waals surface area contributed by atoms with Crippen LogP contribution in [0.5, 0.6) is 0 Å². The topological polar surface area (TPSA) is 0 Å². The maximum absolute atomic E-state index is 15.2. The zero-order chi connectivity index (χ0) is 21.4. The largest absolute Gasteiger partial charge is 0.247 e. The second-order valence-electron chi connectivity index (χ2n) is 13.8. The molecule has 10 unspecified atom stereocenters. The van der Waals surface area contributed by atoms with E-state index in [1.165, 1.54) is 83.5 Å². The molecule has 10 atom stereocenters. The van der Waals surface area contributed by atoms with E-state index >= 15 is 8.78 Å². The Morgan fingerprint density at radius 1 is 0.438 bits per heavy atom. The van der Waals surface area contributed by atoms with Crippen LogP contribution in [0.25, 0.3) is 0 Å². The predicted molar refractivity (Wildman–Crippen MR) is 126 cm³/mol. The summed E-state index contributed by atoms with van der Waals surface area (Å²) in [6.45, 7) is 0. The molecular formula is C30H46F2. The van der Waals surface area contributed by atoms with Gasteiger partial charge < -0.3 is 0 Å². The Morgan fingerprint density at radius 2 is 0.938 bits per heavy atom. The first-order chi connectivity index (χ1) is 15.7. The van der Waals surface area contributed by atoms with Gasteiger partial charge in [0, 0.05) is 0 Å². The molecular weight excluding hydrogens is 398 g/mol. The molecule has 7 rings (SSSR count). The zero-order valence-corrected chi connectivity index (χ0v) is 20.2. The van der Waals surface area contributed by atoms with Crippen LogP contribution in [0.15, 0.2) is 0 Å². The first kappa shape index (κ1) is 21.2. The minimum absolute atomic E-state index is 0.346. The smallest absolute Gasteiger partial charge is 0.103 e. The van der Waals surface area contributed by atoms with Crippen LogP contribution in [0, 0.1) is 64.6 Å². The molecule has 0 N–H and O–H groups in total. The summed E-state index contributed by atoms with van der Waals surface area (Å²) in [7, 11) is 0. The van der Waals surface area contributed by atoms with Crippen LogP contribution < -0.4 is 0 Å². The minimum Gasteiger partial charge on any atom is -0.247 e. The summed E-state index contributed by atoms with van der Waals surface area (Å²) in [4.78, 5) is 0. The minimum atomic E-state index is -0.542. The maximum atomic E-state index is 15.2. The number of halogens is 2. The Balaban J connectivity index is 1.30. The standard InChI is InChI=1S/C30H46F2/c31-25-10-3-8-21-19(25)12-14-23-27(21)28-22-9-4-11-26(32)20(22)13-15-24(28)29(23)30(16-5-17-30)18-6-1-2-7-18/h18-29H,1-17H2. The van der Waals surface area contributed by atoms with Crippen molar-refractivity contribution in [3.8, 4) is 0 Å². The lowest BCUT2D eigenvalue weighted by atomic mass is 9.48. The number of alkyl halides is 2. The summed E-state index contributed by atoms with van der Waals surface area (Å²) in [5.41, 5.74) is 0.631. The van der Waals surface area contributed by atoms with Crippen molar-refractivity contribution < 1.29 is 8.78 Å². The van der Waals surface area contributed by atoms with Gasteiger partial charge in [0.05, 0.1) is 0 Å². The second-order valence-corrected chi connectivity index (χ2v) is 13.8. The van der Waals surface area contributed by atoms with Gasteiger partial charge in [0.15, 0.2) is 0 Å². The molecule has 0 radical (unpaired) electrons.